The smallest absolute Gasteiger partial charge is 0.241 e. The zero-order valence-corrected chi connectivity index (χ0v) is 8.81. The van der Waals surface area contributed by atoms with E-state index in [1.807, 2.05) is 7.05 Å². The van der Waals surface area contributed by atoms with Gasteiger partial charge in [0.1, 0.15) is 6.04 Å². The zero-order valence-electron chi connectivity index (χ0n) is 8.81. The Labute approximate surface area is 84.5 Å². The Kier molecular flexibility index (Phi) is 3.86. The zero-order chi connectivity index (χ0) is 10.7. The van der Waals surface area contributed by atoms with Gasteiger partial charge in [0, 0.05) is 25.7 Å². The Balaban J connectivity index is 2.50. The molecule has 0 aromatic rings. The lowest BCUT2D eigenvalue weighted by molar-refractivity contribution is -0.136. The van der Waals surface area contributed by atoms with E-state index in [1.54, 1.807) is 4.90 Å². The van der Waals surface area contributed by atoms with E-state index in [4.69, 9.17) is 10.8 Å². The number of hydrogen-bond acceptors (Lipinski definition) is 4. The third kappa shape index (κ3) is 2.43. The highest BCUT2D eigenvalue weighted by Crippen LogP contribution is 2.07. The fourth-order valence-electron chi connectivity index (χ4n) is 1.56. The number of nitrogens with zero attached hydrogens (tertiary/aromatic N) is 2. The van der Waals surface area contributed by atoms with Crippen molar-refractivity contribution in [2.24, 2.45) is 5.73 Å². The van der Waals surface area contributed by atoms with Crippen LogP contribution in [0.1, 0.15) is 6.92 Å². The third-order valence-corrected chi connectivity index (χ3v) is 2.79. The Morgan fingerprint density at radius 1 is 1.64 bits per heavy atom. The summed E-state index contributed by atoms with van der Waals surface area (Å²) in [7, 11) is 2.04. The van der Waals surface area contributed by atoms with Crippen molar-refractivity contribution in [2.75, 3.05) is 33.3 Å². The number of nitrogens with two attached hydrogens (primary N) is 1. The molecule has 82 valence electrons. The van der Waals surface area contributed by atoms with Crippen LogP contribution in [0.4, 0.5) is 0 Å². The molecule has 5 heteroatoms. The van der Waals surface area contributed by atoms with Gasteiger partial charge in [-0.05, 0) is 14.0 Å². The highest BCUT2D eigenvalue weighted by atomic mass is 16.3. The van der Waals surface area contributed by atoms with Crippen molar-refractivity contribution in [1.82, 2.24) is 9.80 Å². The number of aliphatic hydroxyl groups is 1. The van der Waals surface area contributed by atoms with Crippen LogP contribution in [0.15, 0.2) is 0 Å². The van der Waals surface area contributed by atoms with Crippen molar-refractivity contribution in [2.45, 2.75) is 19.0 Å². The van der Waals surface area contributed by atoms with Crippen LogP contribution in [0, 0.1) is 0 Å². The molecule has 0 aliphatic carbocycles. The second kappa shape index (κ2) is 4.72. The first-order chi connectivity index (χ1) is 6.56. The minimum absolute atomic E-state index is 0.146. The van der Waals surface area contributed by atoms with E-state index in [-0.39, 0.29) is 12.5 Å². The SMILES string of the molecule is CC1CN(C(=O)C(N)CO)CCN1C. The van der Waals surface area contributed by atoms with Crippen molar-refractivity contribution in [1.29, 1.82) is 0 Å². The van der Waals surface area contributed by atoms with Crippen molar-refractivity contribution >= 4 is 5.91 Å². The van der Waals surface area contributed by atoms with Gasteiger partial charge >= 0.3 is 0 Å². The molecule has 0 saturated carbocycles. The molecule has 2 atom stereocenters. The molecule has 1 heterocycles. The van der Waals surface area contributed by atoms with Gasteiger partial charge in [-0.15, -0.1) is 0 Å². The largest absolute Gasteiger partial charge is 0.394 e. The molecule has 0 radical (unpaired) electrons. The molecule has 0 spiro atoms. The predicted molar refractivity (Wildman–Crippen MR) is 53.7 cm³/mol. The van der Waals surface area contributed by atoms with Crippen molar-refractivity contribution in [3.05, 3.63) is 0 Å². The summed E-state index contributed by atoms with van der Waals surface area (Å²) in [4.78, 5) is 15.5. The molecule has 0 bridgehead atoms. The van der Waals surface area contributed by atoms with Gasteiger partial charge in [-0.3, -0.25) is 4.79 Å². The van der Waals surface area contributed by atoms with Crippen LogP contribution in [0.3, 0.4) is 0 Å². The molecule has 14 heavy (non-hydrogen) atoms. The lowest BCUT2D eigenvalue weighted by atomic mass is 10.2. The fourth-order valence-corrected chi connectivity index (χ4v) is 1.56. The second-order valence-electron chi connectivity index (χ2n) is 3.90. The molecule has 0 aromatic carbocycles. The van der Waals surface area contributed by atoms with Gasteiger partial charge in [0.2, 0.25) is 5.91 Å². The number of amides is 1. The monoisotopic (exact) mass is 201 g/mol. The van der Waals surface area contributed by atoms with E-state index in [9.17, 15) is 4.79 Å². The minimum Gasteiger partial charge on any atom is -0.394 e. The van der Waals surface area contributed by atoms with Crippen LogP contribution in [0.2, 0.25) is 0 Å². The maximum Gasteiger partial charge on any atom is 0.241 e. The maximum absolute atomic E-state index is 11.6. The summed E-state index contributed by atoms with van der Waals surface area (Å²) in [6.07, 6.45) is 0. The van der Waals surface area contributed by atoms with E-state index in [2.05, 4.69) is 11.8 Å². The second-order valence-corrected chi connectivity index (χ2v) is 3.90. The number of likely N-dealkylation sites (N-methyl/N-ethyl adjacent to an activating group) is 1. The van der Waals surface area contributed by atoms with E-state index in [0.29, 0.717) is 19.1 Å². The Morgan fingerprint density at radius 2 is 2.29 bits per heavy atom. The van der Waals surface area contributed by atoms with Crippen LogP contribution in [0.5, 0.6) is 0 Å². The quantitative estimate of drug-likeness (QED) is 0.568. The molecule has 1 aliphatic heterocycles. The van der Waals surface area contributed by atoms with Gasteiger partial charge in [-0.1, -0.05) is 0 Å². The predicted octanol–water partition coefficient (Wildman–Crippen LogP) is -1.53. The summed E-state index contributed by atoms with van der Waals surface area (Å²) >= 11 is 0. The normalized spacial score (nSPS) is 26.3. The van der Waals surface area contributed by atoms with Gasteiger partial charge in [-0.25, -0.2) is 0 Å². The Hall–Kier alpha value is -0.650. The summed E-state index contributed by atoms with van der Waals surface area (Å²) in [6.45, 7) is 4.06. The lowest BCUT2D eigenvalue weighted by Crippen LogP contribution is -2.56. The van der Waals surface area contributed by atoms with E-state index >= 15 is 0 Å². The van der Waals surface area contributed by atoms with Crippen LogP contribution in [0.25, 0.3) is 0 Å². The van der Waals surface area contributed by atoms with Gasteiger partial charge in [-0.2, -0.15) is 0 Å². The van der Waals surface area contributed by atoms with Crippen molar-refractivity contribution < 1.29 is 9.90 Å². The first-order valence-corrected chi connectivity index (χ1v) is 4.91. The molecule has 1 amide bonds. The van der Waals surface area contributed by atoms with Crippen molar-refractivity contribution in [3.63, 3.8) is 0 Å². The maximum atomic E-state index is 11.6. The molecular weight excluding hydrogens is 182 g/mol. The molecule has 1 saturated heterocycles. The summed E-state index contributed by atoms with van der Waals surface area (Å²) < 4.78 is 0. The van der Waals surface area contributed by atoms with Crippen LogP contribution < -0.4 is 5.73 Å². The third-order valence-electron chi connectivity index (χ3n) is 2.79. The highest BCUT2D eigenvalue weighted by Gasteiger charge is 2.26. The average molecular weight is 201 g/mol. The summed E-state index contributed by atoms with van der Waals surface area (Å²) in [5.74, 6) is -0.146. The molecule has 1 fully saturated rings. The van der Waals surface area contributed by atoms with Crippen LogP contribution in [-0.4, -0.2) is 66.2 Å². The Morgan fingerprint density at radius 3 is 2.79 bits per heavy atom. The van der Waals surface area contributed by atoms with E-state index in [0.717, 1.165) is 6.54 Å². The number of carbonyl (C=O) groups is 1. The van der Waals surface area contributed by atoms with E-state index < -0.39 is 6.04 Å². The first kappa shape index (κ1) is 11.4. The van der Waals surface area contributed by atoms with Gasteiger partial charge in [0.25, 0.3) is 0 Å². The molecule has 3 N–H and O–H groups in total. The minimum atomic E-state index is -0.759. The van der Waals surface area contributed by atoms with Crippen LogP contribution >= 0.6 is 0 Å². The molecule has 1 rings (SSSR count). The fraction of sp³-hybridized carbons (Fsp3) is 0.889. The van der Waals surface area contributed by atoms with Gasteiger partial charge in [0.05, 0.1) is 6.61 Å². The number of rotatable bonds is 2. The standard InChI is InChI=1S/C9H19N3O2/c1-7-5-12(4-3-11(7)2)9(14)8(10)6-13/h7-8,13H,3-6,10H2,1-2H3. The molecule has 0 aromatic heterocycles. The topological polar surface area (TPSA) is 69.8 Å². The highest BCUT2D eigenvalue weighted by molar-refractivity contribution is 5.81. The molecule has 2 unspecified atom stereocenters. The molecular formula is C9H19N3O2. The van der Waals surface area contributed by atoms with Crippen molar-refractivity contribution in [3.8, 4) is 0 Å². The first-order valence-electron chi connectivity index (χ1n) is 4.91. The summed E-state index contributed by atoms with van der Waals surface area (Å²) in [5.41, 5.74) is 5.47. The van der Waals surface area contributed by atoms with Gasteiger partial charge in [0.15, 0.2) is 0 Å². The molecule has 1 aliphatic rings. The van der Waals surface area contributed by atoms with Gasteiger partial charge < -0.3 is 20.6 Å². The summed E-state index contributed by atoms with van der Waals surface area (Å²) in [5, 5.41) is 8.77. The average Bonchev–Trinajstić information content (AvgIpc) is 2.20. The number of aliphatic hydroxyl groups excluding tert-OH is 1. The number of piperazine rings is 1. The number of carbonyl (C=O) groups excluding carboxylic acids is 1. The molecule has 5 nitrogen and oxygen atoms in total. The Bertz CT molecular complexity index is 210. The summed E-state index contributed by atoms with van der Waals surface area (Å²) in [6, 6.07) is -0.399. The van der Waals surface area contributed by atoms with E-state index in [1.165, 1.54) is 0 Å². The van der Waals surface area contributed by atoms with Crippen LogP contribution in [-0.2, 0) is 4.79 Å². The number of hydrogen-bond donors (Lipinski definition) is 2. The lowest BCUT2D eigenvalue weighted by Gasteiger charge is -2.38.